The third-order valence-corrected chi connectivity index (χ3v) is 5.63. The maximum Gasteiger partial charge on any atom is 0.407 e. The number of piperazine rings is 1. The van der Waals surface area contributed by atoms with E-state index in [2.05, 4.69) is 34.3 Å². The van der Waals surface area contributed by atoms with E-state index in [9.17, 15) is 9.90 Å². The number of hydrogen-bond donors (Lipinski definition) is 1. The molecular weight excluding hydrogens is 364 g/mol. The highest BCUT2D eigenvalue weighted by atomic mass is 16.4. The summed E-state index contributed by atoms with van der Waals surface area (Å²) in [7, 11) is 1.93. The Labute approximate surface area is 171 Å². The van der Waals surface area contributed by atoms with Crippen molar-refractivity contribution in [2.24, 2.45) is 7.05 Å². The Morgan fingerprint density at radius 3 is 2.55 bits per heavy atom. The van der Waals surface area contributed by atoms with Gasteiger partial charge < -0.3 is 10.0 Å². The molecular formula is C23H26N4O2. The van der Waals surface area contributed by atoms with E-state index < -0.39 is 6.09 Å². The van der Waals surface area contributed by atoms with E-state index in [1.165, 1.54) is 5.56 Å². The lowest BCUT2D eigenvalue weighted by molar-refractivity contribution is 0.0645. The van der Waals surface area contributed by atoms with E-state index in [1.54, 1.807) is 11.1 Å². The molecule has 0 unspecified atom stereocenters. The number of amides is 1. The van der Waals surface area contributed by atoms with Crippen molar-refractivity contribution in [2.75, 3.05) is 19.6 Å². The second kappa shape index (κ2) is 8.49. The van der Waals surface area contributed by atoms with Crippen molar-refractivity contribution in [3.8, 4) is 11.3 Å². The number of aromatic nitrogens is 2. The van der Waals surface area contributed by atoms with Gasteiger partial charge in [0.05, 0.1) is 11.7 Å². The molecule has 29 heavy (non-hydrogen) atoms. The predicted octanol–water partition coefficient (Wildman–Crippen LogP) is 3.49. The highest BCUT2D eigenvalue weighted by molar-refractivity contribution is 5.67. The molecule has 3 aromatic rings. The third kappa shape index (κ3) is 4.32. The molecule has 0 bridgehead atoms. The standard InChI is InChI=1S/C23H26N4O2/c1-25-22(11-12-24-25)21-10-6-5-9-19(21)15-20-17-26(13-14-27(20)23(28)29)16-18-7-3-2-4-8-18/h2-12,20H,13-17H2,1H3,(H,28,29)/t20-/m1/s1. The van der Waals surface area contributed by atoms with Crippen molar-refractivity contribution in [2.45, 2.75) is 19.0 Å². The summed E-state index contributed by atoms with van der Waals surface area (Å²) in [4.78, 5) is 15.8. The maximum absolute atomic E-state index is 11.9. The van der Waals surface area contributed by atoms with Crippen molar-refractivity contribution in [1.82, 2.24) is 19.6 Å². The first-order valence-electron chi connectivity index (χ1n) is 9.94. The van der Waals surface area contributed by atoms with Crippen molar-refractivity contribution in [3.05, 3.63) is 78.0 Å². The van der Waals surface area contributed by atoms with Crippen molar-refractivity contribution < 1.29 is 9.90 Å². The van der Waals surface area contributed by atoms with Gasteiger partial charge in [0.1, 0.15) is 0 Å². The average Bonchev–Trinajstić information content (AvgIpc) is 3.15. The van der Waals surface area contributed by atoms with Gasteiger partial charge in [0.25, 0.3) is 0 Å². The lowest BCUT2D eigenvalue weighted by Crippen LogP contribution is -2.55. The summed E-state index contributed by atoms with van der Waals surface area (Å²) < 4.78 is 1.86. The van der Waals surface area contributed by atoms with E-state index in [0.29, 0.717) is 13.0 Å². The van der Waals surface area contributed by atoms with Crippen LogP contribution in [0.4, 0.5) is 4.79 Å². The van der Waals surface area contributed by atoms with Crippen LogP contribution in [-0.4, -0.2) is 56.5 Å². The van der Waals surface area contributed by atoms with Crippen LogP contribution in [0.2, 0.25) is 0 Å². The van der Waals surface area contributed by atoms with Gasteiger partial charge in [-0.2, -0.15) is 5.10 Å². The minimum atomic E-state index is -0.840. The number of nitrogens with zero attached hydrogens (tertiary/aromatic N) is 4. The zero-order valence-electron chi connectivity index (χ0n) is 16.6. The fraction of sp³-hybridized carbons (Fsp3) is 0.304. The monoisotopic (exact) mass is 390 g/mol. The van der Waals surface area contributed by atoms with Crippen molar-refractivity contribution in [1.29, 1.82) is 0 Å². The van der Waals surface area contributed by atoms with Crippen molar-refractivity contribution in [3.63, 3.8) is 0 Å². The highest BCUT2D eigenvalue weighted by Crippen LogP contribution is 2.26. The van der Waals surface area contributed by atoms with Crippen LogP contribution in [0.1, 0.15) is 11.1 Å². The van der Waals surface area contributed by atoms with E-state index >= 15 is 0 Å². The Morgan fingerprint density at radius 2 is 1.83 bits per heavy atom. The molecule has 4 rings (SSSR count). The van der Waals surface area contributed by atoms with Gasteiger partial charge in [-0.1, -0.05) is 54.6 Å². The van der Waals surface area contributed by atoms with Gasteiger partial charge in [0.15, 0.2) is 0 Å². The topological polar surface area (TPSA) is 61.6 Å². The summed E-state index contributed by atoms with van der Waals surface area (Å²) >= 11 is 0. The second-order valence-corrected chi connectivity index (χ2v) is 7.55. The average molecular weight is 390 g/mol. The van der Waals surface area contributed by atoms with Crippen LogP contribution in [0.25, 0.3) is 11.3 Å². The van der Waals surface area contributed by atoms with E-state index in [1.807, 2.05) is 48.1 Å². The Hall–Kier alpha value is -3.12. The van der Waals surface area contributed by atoms with Crippen molar-refractivity contribution >= 4 is 6.09 Å². The first-order chi connectivity index (χ1) is 14.1. The van der Waals surface area contributed by atoms with E-state index in [0.717, 1.165) is 36.5 Å². The molecule has 2 heterocycles. The first kappa shape index (κ1) is 19.2. The maximum atomic E-state index is 11.9. The third-order valence-electron chi connectivity index (χ3n) is 5.63. The quantitative estimate of drug-likeness (QED) is 0.724. The summed E-state index contributed by atoms with van der Waals surface area (Å²) in [6, 6.07) is 20.5. The molecule has 150 valence electrons. The molecule has 0 radical (unpaired) electrons. The molecule has 1 aliphatic heterocycles. The molecule has 1 saturated heterocycles. The smallest absolute Gasteiger partial charge is 0.407 e. The van der Waals surface area contributed by atoms with Crippen LogP contribution < -0.4 is 0 Å². The predicted molar refractivity (Wildman–Crippen MR) is 113 cm³/mol. The van der Waals surface area contributed by atoms with Crippen LogP contribution in [0, 0.1) is 0 Å². The largest absolute Gasteiger partial charge is 0.465 e. The molecule has 1 fully saturated rings. The fourth-order valence-electron chi connectivity index (χ4n) is 4.17. The molecule has 0 spiro atoms. The van der Waals surface area contributed by atoms with Gasteiger partial charge in [-0.15, -0.1) is 0 Å². The lowest BCUT2D eigenvalue weighted by Gasteiger charge is -2.40. The second-order valence-electron chi connectivity index (χ2n) is 7.55. The number of rotatable bonds is 5. The van der Waals surface area contributed by atoms with Gasteiger partial charge >= 0.3 is 6.09 Å². The van der Waals surface area contributed by atoms with Crippen LogP contribution in [-0.2, 0) is 20.0 Å². The SMILES string of the molecule is Cn1nccc1-c1ccccc1C[C@@H]1CN(Cc2ccccc2)CCN1C(=O)O. The van der Waals surface area contributed by atoms with Crippen LogP contribution in [0.3, 0.4) is 0 Å². The van der Waals surface area contributed by atoms with Gasteiger partial charge in [-0.25, -0.2) is 4.79 Å². The summed E-state index contributed by atoms with van der Waals surface area (Å²) in [6.45, 7) is 2.84. The number of hydrogen-bond acceptors (Lipinski definition) is 3. The number of carboxylic acid groups (broad SMARTS) is 1. The molecule has 0 aliphatic carbocycles. The Bertz CT molecular complexity index is 970. The molecule has 1 amide bonds. The molecule has 2 aromatic carbocycles. The Balaban J connectivity index is 1.56. The molecule has 1 aliphatic rings. The summed E-state index contributed by atoms with van der Waals surface area (Å²) in [5.74, 6) is 0. The number of aryl methyl sites for hydroxylation is 1. The number of benzene rings is 2. The molecule has 1 atom stereocenters. The molecule has 1 N–H and O–H groups in total. The van der Waals surface area contributed by atoms with Crippen LogP contribution in [0.5, 0.6) is 0 Å². The molecule has 1 aromatic heterocycles. The fourth-order valence-corrected chi connectivity index (χ4v) is 4.17. The van der Waals surface area contributed by atoms with E-state index in [4.69, 9.17) is 0 Å². The highest BCUT2D eigenvalue weighted by Gasteiger charge is 2.31. The van der Waals surface area contributed by atoms with Gasteiger partial charge in [-0.3, -0.25) is 9.58 Å². The summed E-state index contributed by atoms with van der Waals surface area (Å²) in [5, 5.41) is 14.0. The molecule has 6 heteroatoms. The van der Waals surface area contributed by atoms with E-state index in [-0.39, 0.29) is 6.04 Å². The summed E-state index contributed by atoms with van der Waals surface area (Å²) in [5.41, 5.74) is 4.55. The van der Waals surface area contributed by atoms with Gasteiger partial charge in [0, 0.05) is 45.0 Å². The summed E-state index contributed by atoms with van der Waals surface area (Å²) in [6.07, 6.45) is 1.63. The zero-order chi connectivity index (χ0) is 20.2. The first-order valence-corrected chi connectivity index (χ1v) is 9.94. The van der Waals surface area contributed by atoms with Crippen LogP contribution in [0.15, 0.2) is 66.9 Å². The number of carbonyl (C=O) groups is 1. The normalized spacial score (nSPS) is 17.4. The molecule has 0 saturated carbocycles. The minimum Gasteiger partial charge on any atom is -0.465 e. The lowest BCUT2D eigenvalue weighted by atomic mass is 9.96. The Morgan fingerprint density at radius 1 is 1.07 bits per heavy atom. The Kier molecular flexibility index (Phi) is 5.62. The van der Waals surface area contributed by atoms with Gasteiger partial charge in [0.2, 0.25) is 0 Å². The van der Waals surface area contributed by atoms with Gasteiger partial charge in [-0.05, 0) is 23.6 Å². The van der Waals surface area contributed by atoms with Crippen LogP contribution >= 0.6 is 0 Å². The minimum absolute atomic E-state index is 0.0839. The zero-order valence-corrected chi connectivity index (χ0v) is 16.6. The molecule has 6 nitrogen and oxygen atoms in total.